The van der Waals surface area contributed by atoms with Gasteiger partial charge in [0.25, 0.3) is 0 Å². The average molecular weight is 192 g/mol. The van der Waals surface area contributed by atoms with Crippen LogP contribution in [0.4, 0.5) is 4.39 Å². The number of hydrogen-bond acceptors (Lipinski definition) is 1. The zero-order valence-electron chi connectivity index (χ0n) is 7.03. The molecule has 0 saturated carbocycles. The Labute approximate surface area is 80.7 Å². The standard InChI is InChI=1S/C11H9FS/c12-11-10(6-7-13-11)8-9-4-2-1-3-5-9/h1-7H,8H2. The normalized spacial score (nSPS) is 10.2. The fourth-order valence-electron chi connectivity index (χ4n) is 1.26. The first kappa shape index (κ1) is 8.45. The average Bonchev–Trinajstić information content (AvgIpc) is 2.54. The maximum Gasteiger partial charge on any atom is 0.179 e. The topological polar surface area (TPSA) is 0 Å². The molecule has 0 fully saturated rings. The van der Waals surface area contributed by atoms with Gasteiger partial charge in [0.1, 0.15) is 0 Å². The molecule has 0 nitrogen and oxygen atoms in total. The van der Waals surface area contributed by atoms with Crippen molar-refractivity contribution in [3.63, 3.8) is 0 Å². The molecule has 0 unspecified atom stereocenters. The first-order valence-corrected chi connectivity index (χ1v) is 5.00. The maximum absolute atomic E-state index is 13.1. The van der Waals surface area contributed by atoms with E-state index in [2.05, 4.69) is 0 Å². The smallest absolute Gasteiger partial charge is 0.179 e. The van der Waals surface area contributed by atoms with E-state index in [-0.39, 0.29) is 5.13 Å². The Balaban J connectivity index is 2.20. The summed E-state index contributed by atoms with van der Waals surface area (Å²) in [5, 5.41) is 1.72. The van der Waals surface area contributed by atoms with Crippen molar-refractivity contribution in [2.24, 2.45) is 0 Å². The Bertz CT molecular complexity index is 378. The zero-order valence-corrected chi connectivity index (χ0v) is 7.85. The molecule has 1 aromatic carbocycles. The van der Waals surface area contributed by atoms with Crippen molar-refractivity contribution in [1.29, 1.82) is 0 Å². The summed E-state index contributed by atoms with van der Waals surface area (Å²) in [7, 11) is 0. The van der Waals surface area contributed by atoms with Crippen molar-refractivity contribution in [3.05, 3.63) is 58.0 Å². The van der Waals surface area contributed by atoms with Gasteiger partial charge in [0, 0.05) is 12.0 Å². The Hall–Kier alpha value is -1.15. The van der Waals surface area contributed by atoms with Crippen LogP contribution in [0.3, 0.4) is 0 Å². The van der Waals surface area contributed by atoms with E-state index in [4.69, 9.17) is 0 Å². The van der Waals surface area contributed by atoms with Crippen LogP contribution in [0.1, 0.15) is 11.1 Å². The second-order valence-electron chi connectivity index (χ2n) is 2.88. The van der Waals surface area contributed by atoms with E-state index < -0.39 is 0 Å². The molecular weight excluding hydrogens is 183 g/mol. The highest BCUT2D eigenvalue weighted by Gasteiger charge is 2.02. The van der Waals surface area contributed by atoms with Crippen LogP contribution in [0.5, 0.6) is 0 Å². The number of benzene rings is 1. The maximum atomic E-state index is 13.1. The van der Waals surface area contributed by atoms with E-state index in [0.29, 0.717) is 6.42 Å². The molecule has 1 aromatic heterocycles. The quantitative estimate of drug-likeness (QED) is 0.683. The second-order valence-corrected chi connectivity index (χ2v) is 3.75. The minimum atomic E-state index is -0.0659. The van der Waals surface area contributed by atoms with Crippen LogP contribution in [0.2, 0.25) is 0 Å². The fourth-order valence-corrected chi connectivity index (χ4v) is 1.90. The molecule has 0 aliphatic rings. The van der Waals surface area contributed by atoms with E-state index in [1.807, 2.05) is 36.4 Å². The fraction of sp³-hybridized carbons (Fsp3) is 0.0909. The molecular formula is C11H9FS. The van der Waals surface area contributed by atoms with Crippen LogP contribution in [0.15, 0.2) is 41.8 Å². The van der Waals surface area contributed by atoms with Crippen molar-refractivity contribution in [2.75, 3.05) is 0 Å². The number of rotatable bonds is 2. The Kier molecular flexibility index (Phi) is 2.41. The molecule has 2 rings (SSSR count). The van der Waals surface area contributed by atoms with Crippen molar-refractivity contribution < 1.29 is 4.39 Å². The van der Waals surface area contributed by atoms with Crippen LogP contribution in [-0.4, -0.2) is 0 Å². The van der Waals surface area contributed by atoms with Crippen molar-refractivity contribution in [1.82, 2.24) is 0 Å². The molecule has 0 N–H and O–H groups in total. The van der Waals surface area contributed by atoms with Gasteiger partial charge in [-0.05, 0) is 17.0 Å². The van der Waals surface area contributed by atoms with Gasteiger partial charge in [-0.25, -0.2) is 0 Å². The van der Waals surface area contributed by atoms with E-state index in [0.717, 1.165) is 22.5 Å². The van der Waals surface area contributed by atoms with Gasteiger partial charge in [-0.2, -0.15) is 4.39 Å². The second kappa shape index (κ2) is 3.71. The Morgan fingerprint density at radius 1 is 1.08 bits per heavy atom. The molecule has 0 amide bonds. The number of thiophene rings is 1. The lowest BCUT2D eigenvalue weighted by Crippen LogP contribution is -1.86. The summed E-state index contributed by atoms with van der Waals surface area (Å²) >= 11 is 1.16. The molecule has 0 spiro atoms. The highest BCUT2D eigenvalue weighted by molar-refractivity contribution is 7.08. The van der Waals surface area contributed by atoms with Gasteiger partial charge >= 0.3 is 0 Å². The van der Waals surface area contributed by atoms with Gasteiger partial charge in [-0.3, -0.25) is 0 Å². The number of hydrogen-bond donors (Lipinski definition) is 0. The predicted octanol–water partition coefficient (Wildman–Crippen LogP) is 3.48. The van der Waals surface area contributed by atoms with Crippen molar-refractivity contribution in [2.45, 2.75) is 6.42 Å². The summed E-state index contributed by atoms with van der Waals surface area (Å²) < 4.78 is 13.1. The Morgan fingerprint density at radius 2 is 1.85 bits per heavy atom. The third kappa shape index (κ3) is 1.95. The first-order chi connectivity index (χ1) is 6.36. The molecule has 0 bridgehead atoms. The minimum Gasteiger partial charge on any atom is -0.195 e. The molecule has 0 saturated heterocycles. The SMILES string of the molecule is Fc1sccc1Cc1ccccc1. The predicted molar refractivity (Wildman–Crippen MR) is 53.5 cm³/mol. The van der Waals surface area contributed by atoms with Crippen LogP contribution < -0.4 is 0 Å². The summed E-state index contributed by atoms with van der Waals surface area (Å²) in [5.74, 6) is 0. The monoisotopic (exact) mass is 192 g/mol. The van der Waals surface area contributed by atoms with Crippen LogP contribution in [0.25, 0.3) is 0 Å². The van der Waals surface area contributed by atoms with Gasteiger partial charge in [-0.15, -0.1) is 11.3 Å². The van der Waals surface area contributed by atoms with E-state index in [9.17, 15) is 4.39 Å². The van der Waals surface area contributed by atoms with E-state index >= 15 is 0 Å². The van der Waals surface area contributed by atoms with Crippen LogP contribution in [-0.2, 0) is 6.42 Å². The molecule has 0 atom stereocenters. The van der Waals surface area contributed by atoms with Gasteiger partial charge < -0.3 is 0 Å². The van der Waals surface area contributed by atoms with Crippen LogP contribution in [0, 0.1) is 5.13 Å². The van der Waals surface area contributed by atoms with Gasteiger partial charge in [0.05, 0.1) is 0 Å². The lowest BCUT2D eigenvalue weighted by Gasteiger charge is -1.97. The summed E-state index contributed by atoms with van der Waals surface area (Å²) in [6.45, 7) is 0. The lowest BCUT2D eigenvalue weighted by molar-refractivity contribution is 0.644. The minimum absolute atomic E-state index is 0.0659. The zero-order chi connectivity index (χ0) is 9.10. The van der Waals surface area contributed by atoms with Gasteiger partial charge in [-0.1, -0.05) is 30.3 Å². The summed E-state index contributed by atoms with van der Waals surface area (Å²) in [6.07, 6.45) is 0.691. The summed E-state index contributed by atoms with van der Waals surface area (Å²) in [4.78, 5) is 0. The van der Waals surface area contributed by atoms with Crippen molar-refractivity contribution >= 4 is 11.3 Å². The molecule has 0 aliphatic heterocycles. The van der Waals surface area contributed by atoms with Crippen molar-refractivity contribution in [3.8, 4) is 0 Å². The third-order valence-electron chi connectivity index (χ3n) is 1.93. The highest BCUT2D eigenvalue weighted by Crippen LogP contribution is 2.17. The van der Waals surface area contributed by atoms with E-state index in [1.165, 1.54) is 0 Å². The molecule has 66 valence electrons. The molecule has 13 heavy (non-hydrogen) atoms. The summed E-state index contributed by atoms with van der Waals surface area (Å²) in [6, 6.07) is 11.8. The third-order valence-corrected chi connectivity index (χ3v) is 2.67. The van der Waals surface area contributed by atoms with Crippen LogP contribution >= 0.6 is 11.3 Å². The molecule has 0 radical (unpaired) electrons. The van der Waals surface area contributed by atoms with Gasteiger partial charge in [0.2, 0.25) is 0 Å². The molecule has 0 aliphatic carbocycles. The first-order valence-electron chi connectivity index (χ1n) is 4.12. The lowest BCUT2D eigenvalue weighted by atomic mass is 10.1. The Morgan fingerprint density at radius 3 is 2.46 bits per heavy atom. The molecule has 2 aromatic rings. The largest absolute Gasteiger partial charge is 0.195 e. The highest BCUT2D eigenvalue weighted by atomic mass is 32.1. The van der Waals surface area contributed by atoms with E-state index in [1.54, 1.807) is 5.38 Å². The summed E-state index contributed by atoms with van der Waals surface area (Å²) in [5.41, 5.74) is 1.94. The van der Waals surface area contributed by atoms with Gasteiger partial charge in [0.15, 0.2) is 5.13 Å². The molecule has 1 heterocycles. The molecule has 2 heteroatoms. The number of halogens is 1.